The van der Waals surface area contributed by atoms with E-state index in [0.717, 1.165) is 48.1 Å². The molecule has 2 rings (SSSR count). The number of ether oxygens (including phenoxy) is 2. The number of aromatic nitrogens is 1. The number of pyridine rings is 1. The van der Waals surface area contributed by atoms with E-state index in [1.165, 1.54) is 6.42 Å². The van der Waals surface area contributed by atoms with Gasteiger partial charge in [-0.3, -0.25) is 9.98 Å². The Hall–Kier alpha value is -1.82. The summed E-state index contributed by atoms with van der Waals surface area (Å²) in [5, 5.41) is 6.84. The van der Waals surface area contributed by atoms with Crippen LogP contribution in [0.5, 0.6) is 5.75 Å². The van der Waals surface area contributed by atoms with Crippen LogP contribution in [0.4, 0.5) is 0 Å². The highest BCUT2D eigenvalue weighted by atomic mass is 16.5. The molecule has 1 aliphatic rings. The van der Waals surface area contributed by atoms with Crippen molar-refractivity contribution in [1.29, 1.82) is 0 Å². The number of aliphatic imine (C=N–C) groups is 1. The molecule has 0 aliphatic carbocycles. The zero-order valence-corrected chi connectivity index (χ0v) is 18.0. The second-order valence-electron chi connectivity index (χ2n) is 8.41. The van der Waals surface area contributed by atoms with E-state index in [9.17, 15) is 0 Å². The molecule has 2 N–H and O–H groups in total. The second-order valence-corrected chi connectivity index (χ2v) is 8.41. The molecule has 1 aromatic heterocycles. The van der Waals surface area contributed by atoms with E-state index in [4.69, 9.17) is 9.47 Å². The van der Waals surface area contributed by atoms with Crippen LogP contribution >= 0.6 is 0 Å². The maximum atomic E-state index is 6.08. The number of hydrogen-bond donors (Lipinski definition) is 2. The van der Waals surface area contributed by atoms with Gasteiger partial charge in [0.15, 0.2) is 5.96 Å². The van der Waals surface area contributed by atoms with Crippen LogP contribution < -0.4 is 15.4 Å². The van der Waals surface area contributed by atoms with Gasteiger partial charge in [-0.1, -0.05) is 20.8 Å². The fourth-order valence-electron chi connectivity index (χ4n) is 3.87. The summed E-state index contributed by atoms with van der Waals surface area (Å²) >= 11 is 0. The third-order valence-corrected chi connectivity index (χ3v) is 5.23. The quantitative estimate of drug-likeness (QED) is 0.610. The van der Waals surface area contributed by atoms with Gasteiger partial charge in [0.1, 0.15) is 5.75 Å². The number of rotatable bonds is 5. The normalized spacial score (nSPS) is 21.1. The average molecular weight is 377 g/mol. The van der Waals surface area contributed by atoms with E-state index in [1.807, 2.05) is 20.0 Å². The molecule has 2 unspecified atom stereocenters. The van der Waals surface area contributed by atoms with Crippen LogP contribution in [0.2, 0.25) is 0 Å². The van der Waals surface area contributed by atoms with Crippen LogP contribution in [-0.2, 0) is 11.3 Å². The molecule has 6 heteroatoms. The first-order chi connectivity index (χ1) is 12.8. The third-order valence-electron chi connectivity index (χ3n) is 5.23. The molecule has 1 aromatic rings. The third kappa shape index (κ3) is 5.58. The summed E-state index contributed by atoms with van der Waals surface area (Å²) in [6.07, 6.45) is 4.42. The Morgan fingerprint density at radius 2 is 2.07 bits per heavy atom. The van der Waals surface area contributed by atoms with Crippen molar-refractivity contribution in [2.45, 2.75) is 60.1 Å². The summed E-state index contributed by atoms with van der Waals surface area (Å²) in [5.74, 6) is 2.17. The minimum Gasteiger partial charge on any atom is -0.496 e. The largest absolute Gasteiger partial charge is 0.496 e. The van der Waals surface area contributed by atoms with Crippen molar-refractivity contribution in [3.8, 4) is 5.75 Å². The number of nitrogens with zero attached hydrogens (tertiary/aromatic N) is 2. The van der Waals surface area contributed by atoms with Gasteiger partial charge in [-0.05, 0) is 32.1 Å². The molecule has 0 aromatic carbocycles. The summed E-state index contributed by atoms with van der Waals surface area (Å²) < 4.78 is 11.6. The minimum atomic E-state index is 0.142. The van der Waals surface area contributed by atoms with Crippen LogP contribution in [0, 0.1) is 25.2 Å². The van der Waals surface area contributed by atoms with Gasteiger partial charge in [0.2, 0.25) is 0 Å². The maximum Gasteiger partial charge on any atom is 0.191 e. The van der Waals surface area contributed by atoms with E-state index in [0.29, 0.717) is 12.5 Å². The first-order valence-corrected chi connectivity index (χ1v) is 9.83. The van der Waals surface area contributed by atoms with E-state index in [1.54, 1.807) is 14.2 Å². The van der Waals surface area contributed by atoms with Crippen molar-refractivity contribution in [1.82, 2.24) is 15.6 Å². The predicted octanol–water partition coefficient (Wildman–Crippen LogP) is 3.21. The standard InChI is InChI=1S/C21H36N4O2/c1-14-11-23-17(15(2)18(14)26-7)13-25-20(22-6)24-12-16-9-8-10-27-19(16)21(3,4)5/h11,16,19H,8-10,12-13H2,1-7H3,(H2,22,24,25). The van der Waals surface area contributed by atoms with Gasteiger partial charge in [0.25, 0.3) is 0 Å². The van der Waals surface area contributed by atoms with Gasteiger partial charge in [0, 0.05) is 43.4 Å². The van der Waals surface area contributed by atoms with Crippen LogP contribution in [0.15, 0.2) is 11.2 Å². The molecule has 0 saturated carbocycles. The van der Waals surface area contributed by atoms with E-state index in [-0.39, 0.29) is 11.5 Å². The topological polar surface area (TPSA) is 67.8 Å². The van der Waals surface area contributed by atoms with E-state index >= 15 is 0 Å². The number of nitrogens with one attached hydrogen (secondary N) is 2. The smallest absolute Gasteiger partial charge is 0.191 e. The van der Waals surface area contributed by atoms with Gasteiger partial charge >= 0.3 is 0 Å². The molecular weight excluding hydrogens is 340 g/mol. The Morgan fingerprint density at radius 1 is 1.33 bits per heavy atom. The number of methoxy groups -OCH3 is 1. The van der Waals surface area contributed by atoms with Crippen molar-refractivity contribution >= 4 is 5.96 Å². The van der Waals surface area contributed by atoms with Crippen molar-refractivity contribution in [2.24, 2.45) is 16.3 Å². The number of aryl methyl sites for hydroxylation is 1. The summed E-state index contributed by atoms with van der Waals surface area (Å²) in [6.45, 7) is 13.1. The van der Waals surface area contributed by atoms with Gasteiger partial charge in [-0.2, -0.15) is 0 Å². The minimum absolute atomic E-state index is 0.142. The lowest BCUT2D eigenvalue weighted by Gasteiger charge is -2.40. The molecule has 0 amide bonds. The van der Waals surface area contributed by atoms with E-state index < -0.39 is 0 Å². The summed E-state index contributed by atoms with van der Waals surface area (Å²) in [4.78, 5) is 8.90. The van der Waals surface area contributed by atoms with Crippen molar-refractivity contribution in [3.63, 3.8) is 0 Å². The highest BCUT2D eigenvalue weighted by molar-refractivity contribution is 5.79. The van der Waals surface area contributed by atoms with Crippen LogP contribution in [0.1, 0.15) is 50.4 Å². The van der Waals surface area contributed by atoms with Crippen LogP contribution in [-0.4, -0.2) is 44.4 Å². The first kappa shape index (κ1) is 21.5. The number of guanidine groups is 1. The number of hydrogen-bond acceptors (Lipinski definition) is 4. The van der Waals surface area contributed by atoms with Gasteiger partial charge in [-0.25, -0.2) is 0 Å². The maximum absolute atomic E-state index is 6.08. The highest BCUT2D eigenvalue weighted by Crippen LogP contribution is 2.33. The van der Waals surface area contributed by atoms with Crippen molar-refractivity contribution < 1.29 is 9.47 Å². The van der Waals surface area contributed by atoms with Crippen LogP contribution in [0.3, 0.4) is 0 Å². The Balaban J connectivity index is 1.95. The first-order valence-electron chi connectivity index (χ1n) is 9.83. The highest BCUT2D eigenvalue weighted by Gasteiger charge is 2.35. The average Bonchev–Trinajstić information content (AvgIpc) is 2.63. The molecule has 2 atom stereocenters. The molecule has 152 valence electrons. The van der Waals surface area contributed by atoms with Crippen molar-refractivity contribution in [3.05, 3.63) is 23.0 Å². The molecule has 6 nitrogen and oxygen atoms in total. The molecule has 1 aliphatic heterocycles. The summed E-state index contributed by atoms with van der Waals surface area (Å²) in [7, 11) is 3.49. The Bertz CT molecular complexity index is 652. The van der Waals surface area contributed by atoms with Crippen molar-refractivity contribution in [2.75, 3.05) is 27.3 Å². The summed E-state index contributed by atoms with van der Waals surface area (Å²) in [6, 6.07) is 0. The van der Waals surface area contributed by atoms with Gasteiger partial charge in [0.05, 0.1) is 25.5 Å². The fraction of sp³-hybridized carbons (Fsp3) is 0.714. The van der Waals surface area contributed by atoms with Gasteiger partial charge in [-0.15, -0.1) is 0 Å². The Kier molecular flexibility index (Phi) is 7.48. The van der Waals surface area contributed by atoms with Crippen LogP contribution in [0.25, 0.3) is 0 Å². The van der Waals surface area contributed by atoms with E-state index in [2.05, 4.69) is 41.4 Å². The zero-order chi connectivity index (χ0) is 20.0. The lowest BCUT2D eigenvalue weighted by Crippen LogP contribution is -2.47. The second kappa shape index (κ2) is 9.40. The van der Waals surface area contributed by atoms with Gasteiger partial charge < -0.3 is 20.1 Å². The molecular formula is C21H36N4O2. The Labute approximate surface area is 164 Å². The fourth-order valence-corrected chi connectivity index (χ4v) is 3.87. The molecule has 1 saturated heterocycles. The monoisotopic (exact) mass is 376 g/mol. The lowest BCUT2D eigenvalue weighted by molar-refractivity contribution is -0.0835. The molecule has 1 fully saturated rings. The zero-order valence-electron chi connectivity index (χ0n) is 18.0. The Morgan fingerprint density at radius 3 is 2.70 bits per heavy atom. The summed E-state index contributed by atoms with van der Waals surface area (Å²) in [5.41, 5.74) is 3.22. The predicted molar refractivity (Wildman–Crippen MR) is 110 cm³/mol. The molecule has 27 heavy (non-hydrogen) atoms. The molecule has 0 spiro atoms. The molecule has 0 radical (unpaired) electrons. The SMILES string of the molecule is CN=C(NCc1ncc(C)c(OC)c1C)NCC1CCCOC1C(C)(C)C. The molecule has 2 heterocycles. The lowest BCUT2D eigenvalue weighted by atomic mass is 9.78. The molecule has 0 bridgehead atoms.